The molecule has 1 heterocycles. The van der Waals surface area contributed by atoms with Gasteiger partial charge in [0.05, 0.1) is 10.6 Å². The van der Waals surface area contributed by atoms with Gasteiger partial charge in [-0.05, 0) is 22.9 Å². The zero-order chi connectivity index (χ0) is 14.0. The predicted octanol–water partition coefficient (Wildman–Crippen LogP) is 0.506. The summed E-state index contributed by atoms with van der Waals surface area (Å²) in [4.78, 5) is 20.9. The molecule has 0 radical (unpaired) electrons. The highest BCUT2D eigenvalue weighted by Crippen LogP contribution is 2.21. The minimum atomic E-state index is -1.08. The molecule has 2 rings (SSSR count). The maximum atomic E-state index is 10.7. The molecule has 0 unspecified atom stereocenters. The second kappa shape index (κ2) is 4.80. The number of benzene rings is 1. The lowest BCUT2D eigenvalue weighted by Gasteiger charge is -2.06. The second-order valence-electron chi connectivity index (χ2n) is 3.81. The number of hydrogen-bond acceptors (Lipinski definition) is 6. The summed E-state index contributed by atoms with van der Waals surface area (Å²) in [5.74, 6) is -0.977. The fraction of sp³-hybridized carbons (Fsp3) is 0.200. The Morgan fingerprint density at radius 2 is 2.26 bits per heavy atom. The van der Waals surface area contributed by atoms with Gasteiger partial charge >= 0.3 is 5.97 Å². The van der Waals surface area contributed by atoms with Crippen LogP contribution in [0, 0.1) is 17.0 Å². The smallest absolute Gasteiger partial charge is 0.311 e. The molecular formula is C10H9N5O4. The Balaban J connectivity index is 2.52. The molecule has 0 amide bonds. The van der Waals surface area contributed by atoms with Gasteiger partial charge in [-0.15, -0.1) is 5.10 Å². The van der Waals surface area contributed by atoms with Crippen LogP contribution in [0.5, 0.6) is 0 Å². The van der Waals surface area contributed by atoms with Crippen molar-refractivity contribution in [1.82, 2.24) is 20.2 Å². The predicted molar refractivity (Wildman–Crippen MR) is 61.9 cm³/mol. The lowest BCUT2D eigenvalue weighted by molar-refractivity contribution is -0.384. The first kappa shape index (κ1) is 12.6. The molecule has 2 aromatic rings. The van der Waals surface area contributed by atoms with Crippen LogP contribution in [0.4, 0.5) is 5.69 Å². The van der Waals surface area contributed by atoms with Gasteiger partial charge in [-0.25, -0.2) is 0 Å². The van der Waals surface area contributed by atoms with E-state index in [1.807, 2.05) is 0 Å². The third-order valence-corrected chi connectivity index (χ3v) is 2.48. The van der Waals surface area contributed by atoms with E-state index in [0.29, 0.717) is 11.3 Å². The number of nitro groups is 1. The molecule has 0 fully saturated rings. The van der Waals surface area contributed by atoms with Crippen molar-refractivity contribution < 1.29 is 14.8 Å². The highest BCUT2D eigenvalue weighted by molar-refractivity contribution is 5.69. The third kappa shape index (κ3) is 2.54. The van der Waals surface area contributed by atoms with E-state index in [1.54, 1.807) is 13.0 Å². The lowest BCUT2D eigenvalue weighted by Crippen LogP contribution is -2.10. The van der Waals surface area contributed by atoms with Gasteiger partial charge in [-0.1, -0.05) is 6.07 Å². The number of nitro benzene ring substituents is 1. The monoisotopic (exact) mass is 263 g/mol. The summed E-state index contributed by atoms with van der Waals surface area (Å²) in [6, 6.07) is 4.22. The maximum absolute atomic E-state index is 10.7. The number of nitrogens with zero attached hydrogens (tertiary/aromatic N) is 5. The number of tetrazole rings is 1. The van der Waals surface area contributed by atoms with Crippen LogP contribution in [-0.4, -0.2) is 36.2 Å². The summed E-state index contributed by atoms with van der Waals surface area (Å²) in [5, 5.41) is 30.2. The summed E-state index contributed by atoms with van der Waals surface area (Å²) < 4.78 is 1.19. The molecule has 9 nitrogen and oxygen atoms in total. The molecule has 0 aliphatic rings. The summed E-state index contributed by atoms with van der Waals surface area (Å²) in [6.45, 7) is 1.73. The standard InChI is InChI=1S/C10H9N5O4/c1-6-2-3-7(15(18)19)4-8(6)14-9(5-10(16)17)11-12-13-14/h2-4H,5H2,1H3,(H,16,17). The molecule has 0 aliphatic heterocycles. The third-order valence-electron chi connectivity index (χ3n) is 2.48. The Morgan fingerprint density at radius 3 is 2.89 bits per heavy atom. The summed E-state index contributed by atoms with van der Waals surface area (Å²) in [5.41, 5.74) is 0.970. The minimum absolute atomic E-state index is 0.107. The van der Waals surface area contributed by atoms with Crippen LogP contribution in [0.1, 0.15) is 11.4 Å². The first-order chi connectivity index (χ1) is 8.99. The Hall–Kier alpha value is -2.84. The van der Waals surface area contributed by atoms with Crippen LogP contribution in [-0.2, 0) is 11.2 Å². The quantitative estimate of drug-likeness (QED) is 0.629. The molecule has 0 saturated carbocycles. The van der Waals surface area contributed by atoms with Gasteiger partial charge in [0, 0.05) is 12.1 Å². The van der Waals surface area contributed by atoms with E-state index in [0.717, 1.165) is 0 Å². The average molecular weight is 263 g/mol. The number of rotatable bonds is 4. The van der Waals surface area contributed by atoms with E-state index in [2.05, 4.69) is 15.5 Å². The second-order valence-corrected chi connectivity index (χ2v) is 3.81. The van der Waals surface area contributed by atoms with Crippen LogP contribution < -0.4 is 0 Å². The molecule has 19 heavy (non-hydrogen) atoms. The Kier molecular flexibility index (Phi) is 3.19. The molecule has 0 saturated heterocycles. The van der Waals surface area contributed by atoms with Crippen molar-refractivity contribution in [1.29, 1.82) is 0 Å². The molecule has 0 spiro atoms. The van der Waals surface area contributed by atoms with E-state index in [1.165, 1.54) is 16.8 Å². The summed E-state index contributed by atoms with van der Waals surface area (Å²) in [7, 11) is 0. The molecule has 98 valence electrons. The van der Waals surface area contributed by atoms with Crippen molar-refractivity contribution in [3.05, 3.63) is 39.7 Å². The topological polar surface area (TPSA) is 124 Å². The SMILES string of the molecule is Cc1ccc([N+](=O)[O-])cc1-n1nnnc1CC(=O)O. The van der Waals surface area contributed by atoms with Crippen molar-refractivity contribution >= 4 is 11.7 Å². The molecule has 0 aliphatic carbocycles. The Bertz CT molecular complexity index is 651. The maximum Gasteiger partial charge on any atom is 0.311 e. The molecule has 1 aromatic heterocycles. The van der Waals surface area contributed by atoms with E-state index in [4.69, 9.17) is 5.11 Å². The zero-order valence-corrected chi connectivity index (χ0v) is 9.85. The molecule has 1 aromatic carbocycles. The zero-order valence-electron chi connectivity index (χ0n) is 9.85. The van der Waals surface area contributed by atoms with Gasteiger partial charge in [-0.2, -0.15) is 4.68 Å². The average Bonchev–Trinajstić information content (AvgIpc) is 2.76. The van der Waals surface area contributed by atoms with E-state index in [9.17, 15) is 14.9 Å². The number of aliphatic carboxylic acids is 1. The fourth-order valence-corrected chi connectivity index (χ4v) is 1.58. The van der Waals surface area contributed by atoms with Crippen molar-refractivity contribution in [2.45, 2.75) is 13.3 Å². The van der Waals surface area contributed by atoms with Gasteiger partial charge in [0.25, 0.3) is 5.69 Å². The number of carboxylic acid groups (broad SMARTS) is 1. The van der Waals surface area contributed by atoms with Gasteiger partial charge in [0.15, 0.2) is 5.82 Å². The number of carbonyl (C=O) groups is 1. The molecule has 0 bridgehead atoms. The fourth-order valence-electron chi connectivity index (χ4n) is 1.58. The van der Waals surface area contributed by atoms with Gasteiger partial charge in [0.2, 0.25) is 0 Å². The van der Waals surface area contributed by atoms with Crippen molar-refractivity contribution in [2.24, 2.45) is 0 Å². The number of aromatic nitrogens is 4. The van der Waals surface area contributed by atoms with Gasteiger partial charge in [-0.3, -0.25) is 14.9 Å². The van der Waals surface area contributed by atoms with Crippen molar-refractivity contribution in [3.63, 3.8) is 0 Å². The van der Waals surface area contributed by atoms with Gasteiger partial charge < -0.3 is 5.11 Å². The lowest BCUT2D eigenvalue weighted by atomic mass is 10.2. The number of carboxylic acids is 1. The van der Waals surface area contributed by atoms with Gasteiger partial charge in [0.1, 0.15) is 6.42 Å². The Labute approximate surface area is 106 Å². The van der Waals surface area contributed by atoms with Crippen LogP contribution in [0.25, 0.3) is 5.69 Å². The number of aryl methyl sites for hydroxylation is 1. The van der Waals surface area contributed by atoms with Crippen molar-refractivity contribution in [2.75, 3.05) is 0 Å². The van der Waals surface area contributed by atoms with E-state index >= 15 is 0 Å². The first-order valence-corrected chi connectivity index (χ1v) is 5.23. The Morgan fingerprint density at radius 1 is 1.53 bits per heavy atom. The number of non-ortho nitro benzene ring substituents is 1. The number of hydrogen-bond donors (Lipinski definition) is 1. The van der Waals surface area contributed by atoms with E-state index in [-0.39, 0.29) is 17.9 Å². The summed E-state index contributed by atoms with van der Waals surface area (Å²) in [6.07, 6.45) is -0.366. The van der Waals surface area contributed by atoms with Crippen LogP contribution >= 0.6 is 0 Å². The first-order valence-electron chi connectivity index (χ1n) is 5.23. The highest BCUT2D eigenvalue weighted by atomic mass is 16.6. The molecule has 0 atom stereocenters. The van der Waals surface area contributed by atoms with Crippen LogP contribution in [0.2, 0.25) is 0 Å². The molecule has 1 N–H and O–H groups in total. The molecular weight excluding hydrogens is 254 g/mol. The highest BCUT2D eigenvalue weighted by Gasteiger charge is 2.16. The minimum Gasteiger partial charge on any atom is -0.481 e. The van der Waals surface area contributed by atoms with E-state index < -0.39 is 10.9 Å². The van der Waals surface area contributed by atoms with Crippen molar-refractivity contribution in [3.8, 4) is 5.69 Å². The summed E-state index contributed by atoms with van der Waals surface area (Å²) >= 11 is 0. The van der Waals surface area contributed by atoms with Crippen LogP contribution in [0.3, 0.4) is 0 Å². The normalized spacial score (nSPS) is 10.4. The van der Waals surface area contributed by atoms with Crippen LogP contribution in [0.15, 0.2) is 18.2 Å². The largest absolute Gasteiger partial charge is 0.481 e. The molecule has 9 heteroatoms.